The van der Waals surface area contributed by atoms with E-state index in [1.54, 1.807) is 18.2 Å². The molecule has 0 aromatic heterocycles. The third kappa shape index (κ3) is 6.08. The van der Waals surface area contributed by atoms with E-state index in [0.29, 0.717) is 15.6 Å². The van der Waals surface area contributed by atoms with Crippen LogP contribution in [0.15, 0.2) is 24.3 Å². The summed E-state index contributed by atoms with van der Waals surface area (Å²) in [6.45, 7) is 5.42. The fraction of sp³-hybridized carbons (Fsp3) is 0.375. The van der Waals surface area contributed by atoms with E-state index in [0.717, 1.165) is 6.42 Å². The van der Waals surface area contributed by atoms with Crippen molar-refractivity contribution in [3.05, 3.63) is 39.9 Å². The van der Waals surface area contributed by atoms with Crippen LogP contribution in [-0.2, 0) is 14.3 Å². The number of esters is 1. The SMILES string of the molecule is CCC(C)(C)NC(=O)COC(=O)/C=C/c1c(Cl)cccc1Cl. The molecule has 1 N–H and O–H groups in total. The van der Waals surface area contributed by atoms with Crippen molar-refractivity contribution in [3.63, 3.8) is 0 Å². The molecule has 22 heavy (non-hydrogen) atoms. The first-order valence-electron chi connectivity index (χ1n) is 6.85. The molecule has 0 aliphatic carbocycles. The highest BCUT2D eigenvalue weighted by molar-refractivity contribution is 6.37. The maximum atomic E-state index is 11.6. The predicted octanol–water partition coefficient (Wildman–Crippen LogP) is 3.85. The van der Waals surface area contributed by atoms with Crippen LogP contribution in [0.2, 0.25) is 10.0 Å². The average Bonchev–Trinajstić information content (AvgIpc) is 2.44. The molecule has 1 aromatic rings. The molecule has 6 heteroatoms. The number of nitrogens with one attached hydrogen (secondary N) is 1. The van der Waals surface area contributed by atoms with Crippen LogP contribution in [0.4, 0.5) is 0 Å². The Morgan fingerprint density at radius 3 is 2.41 bits per heavy atom. The van der Waals surface area contributed by atoms with Crippen molar-refractivity contribution in [2.75, 3.05) is 6.61 Å². The first-order valence-corrected chi connectivity index (χ1v) is 7.60. The Balaban J connectivity index is 2.54. The Morgan fingerprint density at radius 2 is 1.86 bits per heavy atom. The molecule has 4 nitrogen and oxygen atoms in total. The number of halogens is 2. The summed E-state index contributed by atoms with van der Waals surface area (Å²) in [6, 6.07) is 5.04. The van der Waals surface area contributed by atoms with Gasteiger partial charge < -0.3 is 10.1 Å². The Hall–Kier alpha value is -1.52. The van der Waals surface area contributed by atoms with E-state index in [-0.39, 0.29) is 18.1 Å². The maximum Gasteiger partial charge on any atom is 0.331 e. The summed E-state index contributed by atoms with van der Waals surface area (Å²) in [5.74, 6) is -0.982. The molecule has 1 aromatic carbocycles. The van der Waals surface area contributed by atoms with Crippen LogP contribution in [0.1, 0.15) is 32.8 Å². The summed E-state index contributed by atoms with van der Waals surface area (Å²) in [5, 5.41) is 3.63. The van der Waals surface area contributed by atoms with Crippen LogP contribution in [0.5, 0.6) is 0 Å². The number of hydrogen-bond donors (Lipinski definition) is 1. The lowest BCUT2D eigenvalue weighted by Gasteiger charge is -2.24. The molecule has 0 bridgehead atoms. The van der Waals surface area contributed by atoms with E-state index in [1.165, 1.54) is 12.2 Å². The molecule has 0 saturated carbocycles. The predicted molar refractivity (Wildman–Crippen MR) is 89.0 cm³/mol. The van der Waals surface area contributed by atoms with Gasteiger partial charge in [-0.2, -0.15) is 0 Å². The minimum Gasteiger partial charge on any atom is -0.452 e. The Kier molecular flexibility index (Phi) is 6.91. The lowest BCUT2D eigenvalue weighted by atomic mass is 10.0. The second kappa shape index (κ2) is 8.20. The molecule has 0 heterocycles. The molecule has 1 rings (SSSR count). The summed E-state index contributed by atoms with van der Waals surface area (Å²) >= 11 is 12.0. The van der Waals surface area contributed by atoms with Gasteiger partial charge >= 0.3 is 5.97 Å². The molecule has 0 aliphatic rings. The van der Waals surface area contributed by atoms with Crippen LogP contribution in [0.3, 0.4) is 0 Å². The number of carbonyl (C=O) groups is 2. The van der Waals surface area contributed by atoms with Crippen molar-refractivity contribution < 1.29 is 14.3 Å². The quantitative estimate of drug-likeness (QED) is 0.630. The number of amides is 1. The van der Waals surface area contributed by atoms with Gasteiger partial charge in [0.25, 0.3) is 5.91 Å². The molecule has 0 unspecified atom stereocenters. The van der Waals surface area contributed by atoms with E-state index in [1.807, 2.05) is 20.8 Å². The number of rotatable bonds is 6. The second-order valence-electron chi connectivity index (χ2n) is 5.36. The zero-order valence-electron chi connectivity index (χ0n) is 12.8. The normalized spacial score (nSPS) is 11.5. The molecular weight excluding hydrogens is 325 g/mol. The summed E-state index contributed by atoms with van der Waals surface area (Å²) in [4.78, 5) is 23.3. The van der Waals surface area contributed by atoms with Gasteiger partial charge in [-0.15, -0.1) is 0 Å². The molecule has 0 fully saturated rings. The number of hydrogen-bond acceptors (Lipinski definition) is 3. The molecule has 0 aliphatic heterocycles. The van der Waals surface area contributed by atoms with Crippen molar-refractivity contribution >= 4 is 41.2 Å². The van der Waals surface area contributed by atoms with Gasteiger partial charge in [-0.05, 0) is 38.5 Å². The molecule has 0 saturated heterocycles. The van der Waals surface area contributed by atoms with Crippen LogP contribution in [-0.4, -0.2) is 24.0 Å². The van der Waals surface area contributed by atoms with Crippen LogP contribution >= 0.6 is 23.2 Å². The van der Waals surface area contributed by atoms with Gasteiger partial charge in [-0.1, -0.05) is 36.2 Å². The van der Waals surface area contributed by atoms with E-state index in [2.05, 4.69) is 5.32 Å². The fourth-order valence-electron chi connectivity index (χ4n) is 1.51. The van der Waals surface area contributed by atoms with E-state index in [9.17, 15) is 9.59 Å². The van der Waals surface area contributed by atoms with Crippen molar-refractivity contribution in [3.8, 4) is 0 Å². The molecule has 1 amide bonds. The fourth-order valence-corrected chi connectivity index (χ4v) is 2.03. The average molecular weight is 344 g/mol. The van der Waals surface area contributed by atoms with Gasteiger partial charge in [0.2, 0.25) is 0 Å². The monoisotopic (exact) mass is 343 g/mol. The van der Waals surface area contributed by atoms with Crippen molar-refractivity contribution in [1.29, 1.82) is 0 Å². The van der Waals surface area contributed by atoms with Gasteiger partial charge in [0.15, 0.2) is 6.61 Å². The van der Waals surface area contributed by atoms with E-state index in [4.69, 9.17) is 27.9 Å². The highest BCUT2D eigenvalue weighted by Crippen LogP contribution is 2.25. The molecule has 120 valence electrons. The van der Waals surface area contributed by atoms with Gasteiger partial charge in [-0.25, -0.2) is 4.79 Å². The summed E-state index contributed by atoms with van der Waals surface area (Å²) in [5.41, 5.74) is 0.198. The van der Waals surface area contributed by atoms with Gasteiger partial charge in [0.1, 0.15) is 0 Å². The Labute approximate surface area is 140 Å². The lowest BCUT2D eigenvalue weighted by molar-refractivity contribution is -0.144. The molecule has 0 spiro atoms. The topological polar surface area (TPSA) is 55.4 Å². The van der Waals surface area contributed by atoms with Crippen molar-refractivity contribution in [2.45, 2.75) is 32.7 Å². The van der Waals surface area contributed by atoms with Crippen molar-refractivity contribution in [2.24, 2.45) is 0 Å². The minimum atomic E-state index is -0.638. The number of ether oxygens (including phenoxy) is 1. The summed E-state index contributed by atoms with van der Waals surface area (Å²) in [7, 11) is 0. The summed E-state index contributed by atoms with van der Waals surface area (Å²) < 4.78 is 4.87. The van der Waals surface area contributed by atoms with E-state index < -0.39 is 5.97 Å². The number of carbonyl (C=O) groups excluding carboxylic acids is 2. The third-order valence-corrected chi connectivity index (χ3v) is 3.75. The highest BCUT2D eigenvalue weighted by atomic mass is 35.5. The van der Waals surface area contributed by atoms with Crippen LogP contribution in [0.25, 0.3) is 6.08 Å². The largest absolute Gasteiger partial charge is 0.452 e. The maximum absolute atomic E-state index is 11.6. The zero-order valence-corrected chi connectivity index (χ0v) is 14.3. The van der Waals surface area contributed by atoms with Crippen molar-refractivity contribution in [1.82, 2.24) is 5.32 Å². The van der Waals surface area contributed by atoms with Gasteiger partial charge in [0, 0.05) is 27.2 Å². The minimum absolute atomic E-state index is 0.329. The van der Waals surface area contributed by atoms with Gasteiger partial charge in [0.05, 0.1) is 0 Å². The first-order chi connectivity index (χ1) is 10.2. The second-order valence-corrected chi connectivity index (χ2v) is 6.18. The van der Waals surface area contributed by atoms with Gasteiger partial charge in [-0.3, -0.25) is 4.79 Å². The first kappa shape index (κ1) is 18.5. The number of benzene rings is 1. The third-order valence-electron chi connectivity index (χ3n) is 3.09. The van der Waals surface area contributed by atoms with Crippen LogP contribution in [0, 0.1) is 0 Å². The Bertz CT molecular complexity index is 563. The zero-order chi connectivity index (χ0) is 16.8. The Morgan fingerprint density at radius 1 is 1.27 bits per heavy atom. The highest BCUT2D eigenvalue weighted by Gasteiger charge is 2.18. The smallest absolute Gasteiger partial charge is 0.331 e. The molecular formula is C16H19Cl2NO3. The summed E-state index contributed by atoms with van der Waals surface area (Å²) in [6.07, 6.45) is 3.42. The van der Waals surface area contributed by atoms with Crippen LogP contribution < -0.4 is 5.32 Å². The molecule has 0 atom stereocenters. The lowest BCUT2D eigenvalue weighted by Crippen LogP contribution is -2.44. The van der Waals surface area contributed by atoms with E-state index >= 15 is 0 Å². The standard InChI is InChI=1S/C16H19Cl2NO3/c1-4-16(2,3)19-14(20)10-22-15(21)9-8-11-12(17)6-5-7-13(11)18/h5-9H,4,10H2,1-3H3,(H,19,20)/b9-8+. The molecule has 0 radical (unpaired) electrons.